The lowest BCUT2D eigenvalue weighted by molar-refractivity contribution is -0.132. The molecule has 2 saturated heterocycles. The third-order valence-corrected chi connectivity index (χ3v) is 6.59. The average molecular weight is 364 g/mol. The molecule has 1 atom stereocenters. The van der Waals surface area contributed by atoms with Crippen LogP contribution in [0, 0.1) is 6.92 Å². The van der Waals surface area contributed by atoms with Gasteiger partial charge in [-0.3, -0.25) is 9.69 Å². The Morgan fingerprint density at radius 3 is 2.60 bits per heavy atom. The summed E-state index contributed by atoms with van der Waals surface area (Å²) >= 11 is 1.90. The van der Waals surface area contributed by atoms with E-state index in [0.717, 1.165) is 39.1 Å². The normalized spacial score (nSPS) is 22.9. The molecule has 3 heterocycles. The van der Waals surface area contributed by atoms with Gasteiger partial charge < -0.3 is 9.80 Å². The molecule has 2 fully saturated rings. The molecule has 0 saturated carbocycles. The third-order valence-electron chi connectivity index (χ3n) is 5.61. The molecule has 25 heavy (non-hydrogen) atoms. The first-order valence-electron chi connectivity index (χ1n) is 9.89. The Balaban J connectivity index is 1.53. The molecule has 5 heteroatoms. The standard InChI is InChI=1S/C20H33N3OS/c1-17-8-9-20(25-17)16-22-12-6-7-19(15-22)23(18(2)24)14-13-21-10-4-3-5-11-21/h8-9,19H,3-7,10-16H2,1-2H3. The van der Waals surface area contributed by atoms with Crippen molar-refractivity contribution in [3.8, 4) is 0 Å². The molecular weight excluding hydrogens is 330 g/mol. The van der Waals surface area contributed by atoms with E-state index in [2.05, 4.69) is 33.8 Å². The first-order chi connectivity index (χ1) is 12.1. The first-order valence-corrected chi connectivity index (χ1v) is 10.7. The molecule has 0 aromatic carbocycles. The van der Waals surface area contributed by atoms with E-state index in [1.807, 2.05) is 11.3 Å². The van der Waals surface area contributed by atoms with E-state index in [4.69, 9.17) is 0 Å². The van der Waals surface area contributed by atoms with Crippen molar-refractivity contribution >= 4 is 17.2 Å². The maximum absolute atomic E-state index is 12.3. The fraction of sp³-hybridized carbons (Fsp3) is 0.750. The average Bonchev–Trinajstić information content (AvgIpc) is 3.01. The quantitative estimate of drug-likeness (QED) is 0.775. The van der Waals surface area contributed by atoms with Gasteiger partial charge in [-0.25, -0.2) is 0 Å². The molecule has 0 bridgehead atoms. The second-order valence-electron chi connectivity index (χ2n) is 7.66. The van der Waals surface area contributed by atoms with Crippen molar-refractivity contribution < 1.29 is 4.79 Å². The fourth-order valence-electron chi connectivity index (χ4n) is 4.25. The van der Waals surface area contributed by atoms with Crippen LogP contribution >= 0.6 is 11.3 Å². The molecule has 1 amide bonds. The van der Waals surface area contributed by atoms with Gasteiger partial charge in [-0.1, -0.05) is 6.42 Å². The number of nitrogens with zero attached hydrogens (tertiary/aromatic N) is 3. The van der Waals surface area contributed by atoms with Crippen molar-refractivity contribution in [2.75, 3.05) is 39.3 Å². The highest BCUT2D eigenvalue weighted by atomic mass is 32.1. The molecule has 1 aromatic heterocycles. The first kappa shape index (κ1) is 18.9. The van der Waals surface area contributed by atoms with Gasteiger partial charge in [-0.2, -0.15) is 0 Å². The molecule has 140 valence electrons. The molecule has 0 aliphatic carbocycles. The lowest BCUT2D eigenvalue weighted by Crippen LogP contribution is -2.51. The minimum absolute atomic E-state index is 0.246. The third kappa shape index (κ3) is 5.53. The van der Waals surface area contributed by atoms with Gasteiger partial charge in [0.25, 0.3) is 0 Å². The minimum atomic E-state index is 0.246. The molecule has 3 rings (SSSR count). The zero-order chi connectivity index (χ0) is 17.6. The van der Waals surface area contributed by atoms with Crippen molar-refractivity contribution in [2.45, 2.75) is 58.5 Å². The van der Waals surface area contributed by atoms with E-state index >= 15 is 0 Å². The molecule has 0 N–H and O–H groups in total. The van der Waals surface area contributed by atoms with Gasteiger partial charge in [0, 0.05) is 48.9 Å². The van der Waals surface area contributed by atoms with Gasteiger partial charge in [0.1, 0.15) is 0 Å². The summed E-state index contributed by atoms with van der Waals surface area (Å²) in [5.74, 6) is 0.246. The Morgan fingerprint density at radius 1 is 1.16 bits per heavy atom. The minimum Gasteiger partial charge on any atom is -0.337 e. The van der Waals surface area contributed by atoms with E-state index < -0.39 is 0 Å². The molecule has 2 aliphatic heterocycles. The highest BCUT2D eigenvalue weighted by Gasteiger charge is 2.27. The lowest BCUT2D eigenvalue weighted by atomic mass is 10.0. The van der Waals surface area contributed by atoms with Gasteiger partial charge in [-0.05, 0) is 64.4 Å². The summed E-state index contributed by atoms with van der Waals surface area (Å²) in [6.07, 6.45) is 6.35. The highest BCUT2D eigenvalue weighted by Crippen LogP contribution is 2.22. The predicted molar refractivity (Wildman–Crippen MR) is 105 cm³/mol. The van der Waals surface area contributed by atoms with Gasteiger partial charge in [-0.15, -0.1) is 11.3 Å². The van der Waals surface area contributed by atoms with E-state index in [1.165, 1.54) is 48.5 Å². The van der Waals surface area contributed by atoms with E-state index in [-0.39, 0.29) is 5.91 Å². The van der Waals surface area contributed by atoms with E-state index in [9.17, 15) is 4.79 Å². The van der Waals surface area contributed by atoms with Crippen molar-refractivity contribution in [1.82, 2.24) is 14.7 Å². The summed E-state index contributed by atoms with van der Waals surface area (Å²) in [5.41, 5.74) is 0. The Labute approximate surface area is 156 Å². The summed E-state index contributed by atoms with van der Waals surface area (Å²) in [7, 11) is 0. The monoisotopic (exact) mass is 363 g/mol. The van der Waals surface area contributed by atoms with Crippen LogP contribution in [0.15, 0.2) is 12.1 Å². The van der Waals surface area contributed by atoms with Crippen LogP contribution in [0.1, 0.15) is 48.8 Å². The van der Waals surface area contributed by atoms with Crippen LogP contribution in [0.5, 0.6) is 0 Å². The summed E-state index contributed by atoms with van der Waals surface area (Å²) in [5, 5.41) is 0. The van der Waals surface area contributed by atoms with Crippen LogP contribution in [0.3, 0.4) is 0 Å². The Hall–Kier alpha value is -0.910. The maximum Gasteiger partial charge on any atom is 0.219 e. The summed E-state index contributed by atoms with van der Waals surface area (Å²) in [6.45, 7) is 11.5. The molecule has 4 nitrogen and oxygen atoms in total. The zero-order valence-corrected chi connectivity index (χ0v) is 16.7. The van der Waals surface area contributed by atoms with Crippen molar-refractivity contribution in [2.24, 2.45) is 0 Å². The van der Waals surface area contributed by atoms with Crippen LogP contribution in [0.4, 0.5) is 0 Å². The van der Waals surface area contributed by atoms with Crippen LogP contribution in [-0.4, -0.2) is 65.9 Å². The smallest absolute Gasteiger partial charge is 0.219 e. The Kier molecular flexibility index (Phi) is 6.91. The number of likely N-dealkylation sites (tertiary alicyclic amines) is 2. The summed E-state index contributed by atoms with van der Waals surface area (Å²) < 4.78 is 0. The van der Waals surface area contributed by atoms with E-state index in [1.54, 1.807) is 6.92 Å². The molecule has 2 aliphatic rings. The lowest BCUT2D eigenvalue weighted by Gasteiger charge is -2.40. The molecule has 1 unspecified atom stereocenters. The largest absolute Gasteiger partial charge is 0.337 e. The molecule has 0 radical (unpaired) electrons. The Morgan fingerprint density at radius 2 is 1.92 bits per heavy atom. The van der Waals surface area contributed by atoms with E-state index in [0.29, 0.717) is 6.04 Å². The molecule has 1 aromatic rings. The SMILES string of the molecule is CC(=O)N(CCN1CCCCC1)C1CCCN(Cc2ccc(C)s2)C1. The van der Waals surface area contributed by atoms with Crippen LogP contribution in [0.2, 0.25) is 0 Å². The number of thiophene rings is 1. The summed E-state index contributed by atoms with van der Waals surface area (Å²) in [6, 6.07) is 4.85. The number of carbonyl (C=O) groups is 1. The van der Waals surface area contributed by atoms with Crippen LogP contribution in [-0.2, 0) is 11.3 Å². The second-order valence-corrected chi connectivity index (χ2v) is 9.03. The van der Waals surface area contributed by atoms with Gasteiger partial charge in [0.2, 0.25) is 5.91 Å². The highest BCUT2D eigenvalue weighted by molar-refractivity contribution is 7.11. The zero-order valence-electron chi connectivity index (χ0n) is 15.9. The number of hydrogen-bond acceptors (Lipinski definition) is 4. The van der Waals surface area contributed by atoms with Gasteiger partial charge in [0.05, 0.1) is 0 Å². The molecular formula is C20H33N3OS. The van der Waals surface area contributed by atoms with Crippen LogP contribution in [0.25, 0.3) is 0 Å². The number of amides is 1. The molecule has 0 spiro atoms. The fourth-order valence-corrected chi connectivity index (χ4v) is 5.18. The number of aryl methyl sites for hydroxylation is 1. The second kappa shape index (κ2) is 9.15. The van der Waals surface area contributed by atoms with Crippen molar-refractivity contribution in [1.29, 1.82) is 0 Å². The topological polar surface area (TPSA) is 26.8 Å². The van der Waals surface area contributed by atoms with Gasteiger partial charge in [0.15, 0.2) is 0 Å². The summed E-state index contributed by atoms with van der Waals surface area (Å²) in [4.78, 5) is 22.3. The number of piperidine rings is 2. The number of rotatable bonds is 6. The maximum atomic E-state index is 12.3. The number of carbonyl (C=O) groups excluding carboxylic acids is 1. The predicted octanol–water partition coefficient (Wildman–Crippen LogP) is 3.36. The van der Waals surface area contributed by atoms with Crippen LogP contribution < -0.4 is 0 Å². The van der Waals surface area contributed by atoms with Gasteiger partial charge >= 0.3 is 0 Å². The van der Waals surface area contributed by atoms with Crippen molar-refractivity contribution in [3.05, 3.63) is 21.9 Å². The Bertz CT molecular complexity index is 553. The number of hydrogen-bond donors (Lipinski definition) is 0. The van der Waals surface area contributed by atoms with Crippen molar-refractivity contribution in [3.63, 3.8) is 0 Å².